The Kier molecular flexibility index (Phi) is 5.44. The largest absolute Gasteiger partial charge is 0.307 e. The van der Waals surface area contributed by atoms with Crippen molar-refractivity contribution in [3.8, 4) is 0 Å². The topological polar surface area (TPSA) is 37.4 Å². The van der Waals surface area contributed by atoms with E-state index in [-0.39, 0.29) is 11.7 Å². The number of anilines is 1. The van der Waals surface area contributed by atoms with Crippen LogP contribution in [0.4, 0.5) is 5.69 Å². The van der Waals surface area contributed by atoms with E-state index in [2.05, 4.69) is 24.3 Å². The molecule has 0 atom stereocenters. The quantitative estimate of drug-likeness (QED) is 0.733. The zero-order valence-corrected chi connectivity index (χ0v) is 14.6. The number of ketones is 1. The molecular formula is C22H23NO2. The average molecular weight is 333 g/mol. The average Bonchev–Trinajstić information content (AvgIpc) is 2.60. The zero-order chi connectivity index (χ0) is 17.6. The monoisotopic (exact) mass is 333 g/mol. The normalized spacial score (nSPS) is 14.0. The summed E-state index contributed by atoms with van der Waals surface area (Å²) in [5, 5.41) is 0. The van der Waals surface area contributed by atoms with Gasteiger partial charge in [0.05, 0.1) is 12.2 Å². The highest BCUT2D eigenvalue weighted by Crippen LogP contribution is 2.29. The van der Waals surface area contributed by atoms with Crippen LogP contribution >= 0.6 is 0 Å². The fourth-order valence-corrected chi connectivity index (χ4v) is 3.16. The number of carbonyl (C=O) groups excluding carboxylic acids is 2. The Bertz CT molecular complexity index is 807. The van der Waals surface area contributed by atoms with Crippen LogP contribution in [0, 0.1) is 0 Å². The van der Waals surface area contributed by atoms with Gasteiger partial charge in [-0.15, -0.1) is 0 Å². The molecule has 25 heavy (non-hydrogen) atoms. The van der Waals surface area contributed by atoms with Gasteiger partial charge < -0.3 is 9.69 Å². The molecule has 0 saturated heterocycles. The van der Waals surface area contributed by atoms with Crippen molar-refractivity contribution in [3.63, 3.8) is 0 Å². The molecule has 1 aliphatic heterocycles. The van der Waals surface area contributed by atoms with Gasteiger partial charge >= 0.3 is 0 Å². The Morgan fingerprint density at radius 3 is 2.32 bits per heavy atom. The van der Waals surface area contributed by atoms with Crippen LogP contribution < -0.4 is 4.90 Å². The molecule has 2 aromatic carbocycles. The molecule has 0 aliphatic carbocycles. The number of nitrogens with zero attached hydrogens (tertiary/aromatic N) is 1. The van der Waals surface area contributed by atoms with Crippen LogP contribution in [0.3, 0.4) is 0 Å². The number of amides is 1. The fraction of sp³-hybridized carbons (Fsp3) is 0.273. The summed E-state index contributed by atoms with van der Waals surface area (Å²) < 4.78 is 0. The number of benzene rings is 2. The Labute approximate surface area is 149 Å². The summed E-state index contributed by atoms with van der Waals surface area (Å²) in [5.41, 5.74) is 4.29. The molecule has 0 N–H and O–H groups in total. The van der Waals surface area contributed by atoms with Crippen molar-refractivity contribution in [2.24, 2.45) is 0 Å². The Morgan fingerprint density at radius 1 is 0.880 bits per heavy atom. The number of rotatable bonds is 5. The minimum Gasteiger partial charge on any atom is -0.307 e. The molecule has 1 aliphatic rings. The number of carbonyl (C=O) groups is 2. The maximum absolute atomic E-state index is 12.9. The van der Waals surface area contributed by atoms with Gasteiger partial charge in [-0.25, -0.2) is 0 Å². The van der Waals surface area contributed by atoms with Crippen molar-refractivity contribution >= 4 is 29.5 Å². The van der Waals surface area contributed by atoms with E-state index in [9.17, 15) is 9.59 Å². The van der Waals surface area contributed by atoms with Crippen molar-refractivity contribution in [3.05, 3.63) is 65.2 Å². The molecule has 3 heteroatoms. The molecule has 0 fully saturated rings. The molecule has 3 nitrogen and oxygen atoms in total. The number of unbranched alkanes of at least 4 members (excludes halogenated alkanes) is 1. The van der Waals surface area contributed by atoms with Gasteiger partial charge in [-0.05, 0) is 42.5 Å². The molecule has 1 amide bonds. The third kappa shape index (κ3) is 4.24. The lowest BCUT2D eigenvalue weighted by atomic mass is 10.0. The van der Waals surface area contributed by atoms with Crippen LogP contribution in [0.25, 0.3) is 12.2 Å². The first-order valence-electron chi connectivity index (χ1n) is 8.80. The molecule has 0 saturated carbocycles. The third-order valence-electron chi connectivity index (χ3n) is 4.52. The second-order valence-electron chi connectivity index (χ2n) is 6.48. The minimum atomic E-state index is 0.112. The van der Waals surface area contributed by atoms with Crippen molar-refractivity contribution in [2.75, 3.05) is 4.90 Å². The number of fused-ring (bicyclic) bond motifs is 2. The molecule has 2 aromatic rings. The second-order valence-corrected chi connectivity index (χ2v) is 6.48. The summed E-state index contributed by atoms with van der Waals surface area (Å²) in [5.74, 6) is 0.296. The van der Waals surface area contributed by atoms with E-state index >= 15 is 0 Å². The van der Waals surface area contributed by atoms with Crippen LogP contribution in [0.15, 0.2) is 48.5 Å². The van der Waals surface area contributed by atoms with E-state index < -0.39 is 0 Å². The van der Waals surface area contributed by atoms with Gasteiger partial charge in [-0.2, -0.15) is 0 Å². The van der Waals surface area contributed by atoms with Gasteiger partial charge in [0.1, 0.15) is 5.78 Å². The van der Waals surface area contributed by atoms with E-state index in [4.69, 9.17) is 0 Å². The first kappa shape index (κ1) is 17.2. The summed E-state index contributed by atoms with van der Waals surface area (Å²) >= 11 is 0. The van der Waals surface area contributed by atoms with E-state index in [0.717, 1.165) is 35.2 Å². The standard InChI is InChI=1S/C22H23NO2/c1-17(24)8-2-7-13-22(25)23-16-20-11-4-3-9-18(20)14-15-19-10-5-6-12-21(19)23/h3-6,9-12,14-15H,2,7-8,13,16H2,1H3/b15-14-. The van der Waals surface area contributed by atoms with Gasteiger partial charge in [-0.1, -0.05) is 54.6 Å². The highest BCUT2D eigenvalue weighted by atomic mass is 16.2. The molecular weight excluding hydrogens is 310 g/mol. The SMILES string of the molecule is CC(=O)CCCCC(=O)N1Cc2ccccc2/C=C\c2ccccc21. The number of para-hydroxylation sites is 1. The van der Waals surface area contributed by atoms with Crippen molar-refractivity contribution < 1.29 is 9.59 Å². The van der Waals surface area contributed by atoms with Gasteiger partial charge in [0, 0.05) is 12.8 Å². The van der Waals surface area contributed by atoms with Crippen molar-refractivity contribution in [1.82, 2.24) is 0 Å². The number of Topliss-reactive ketones (excluding diaryl/α,β-unsaturated/α-hetero) is 1. The van der Waals surface area contributed by atoms with Crippen LogP contribution in [0.2, 0.25) is 0 Å². The lowest BCUT2D eigenvalue weighted by Gasteiger charge is -2.27. The predicted octanol–water partition coefficient (Wildman–Crippen LogP) is 4.85. The highest BCUT2D eigenvalue weighted by Gasteiger charge is 2.20. The first-order chi connectivity index (χ1) is 12.1. The van der Waals surface area contributed by atoms with Gasteiger partial charge in [-0.3, -0.25) is 4.79 Å². The first-order valence-corrected chi connectivity index (χ1v) is 8.80. The van der Waals surface area contributed by atoms with Gasteiger partial charge in [0.2, 0.25) is 5.91 Å². The highest BCUT2D eigenvalue weighted by molar-refractivity contribution is 5.97. The minimum absolute atomic E-state index is 0.112. The summed E-state index contributed by atoms with van der Waals surface area (Å²) in [6.45, 7) is 2.17. The molecule has 0 bridgehead atoms. The van der Waals surface area contributed by atoms with Crippen LogP contribution in [0.5, 0.6) is 0 Å². The Morgan fingerprint density at radius 2 is 1.52 bits per heavy atom. The Hall–Kier alpha value is -2.68. The second kappa shape index (κ2) is 7.93. The molecule has 0 aromatic heterocycles. The smallest absolute Gasteiger partial charge is 0.227 e. The lowest BCUT2D eigenvalue weighted by molar-refractivity contribution is -0.120. The van der Waals surface area contributed by atoms with Gasteiger partial charge in [0.15, 0.2) is 0 Å². The Balaban J connectivity index is 1.85. The summed E-state index contributed by atoms with van der Waals surface area (Å²) in [6.07, 6.45) is 6.72. The van der Waals surface area contributed by atoms with E-state index in [0.29, 0.717) is 19.4 Å². The molecule has 0 unspecified atom stereocenters. The summed E-state index contributed by atoms with van der Waals surface area (Å²) in [7, 11) is 0. The van der Waals surface area contributed by atoms with E-state index in [1.54, 1.807) is 6.92 Å². The zero-order valence-electron chi connectivity index (χ0n) is 14.6. The maximum Gasteiger partial charge on any atom is 0.227 e. The number of hydrogen-bond donors (Lipinski definition) is 0. The molecule has 1 heterocycles. The maximum atomic E-state index is 12.9. The van der Waals surface area contributed by atoms with Crippen LogP contribution in [-0.4, -0.2) is 11.7 Å². The van der Waals surface area contributed by atoms with Crippen LogP contribution in [-0.2, 0) is 16.1 Å². The molecule has 0 radical (unpaired) electrons. The number of hydrogen-bond acceptors (Lipinski definition) is 2. The van der Waals surface area contributed by atoms with E-state index in [1.807, 2.05) is 41.3 Å². The van der Waals surface area contributed by atoms with Crippen molar-refractivity contribution in [2.45, 2.75) is 39.2 Å². The predicted molar refractivity (Wildman–Crippen MR) is 102 cm³/mol. The third-order valence-corrected chi connectivity index (χ3v) is 4.52. The van der Waals surface area contributed by atoms with Crippen molar-refractivity contribution in [1.29, 1.82) is 0 Å². The van der Waals surface area contributed by atoms with Gasteiger partial charge in [0.25, 0.3) is 0 Å². The summed E-state index contributed by atoms with van der Waals surface area (Å²) in [6, 6.07) is 16.2. The lowest BCUT2D eigenvalue weighted by Crippen LogP contribution is -2.31. The molecule has 3 rings (SSSR count). The molecule has 0 spiro atoms. The van der Waals surface area contributed by atoms with E-state index in [1.165, 1.54) is 0 Å². The fourth-order valence-electron chi connectivity index (χ4n) is 3.16. The van der Waals surface area contributed by atoms with Crippen LogP contribution in [0.1, 0.15) is 49.3 Å². The molecule has 128 valence electrons. The summed E-state index contributed by atoms with van der Waals surface area (Å²) in [4.78, 5) is 25.8.